The molecule has 4 nitrogen and oxygen atoms in total. The van der Waals surface area contributed by atoms with E-state index in [0.29, 0.717) is 0 Å². The third kappa shape index (κ3) is 2.46. The summed E-state index contributed by atoms with van der Waals surface area (Å²) in [5.41, 5.74) is 2.08. The van der Waals surface area contributed by atoms with Crippen molar-refractivity contribution >= 4 is 27.8 Å². The fourth-order valence-electron chi connectivity index (χ4n) is 3.18. The highest BCUT2D eigenvalue weighted by Gasteiger charge is 2.48. The van der Waals surface area contributed by atoms with Gasteiger partial charge in [0.15, 0.2) is 0 Å². The molecule has 1 heterocycles. The largest absolute Gasteiger partial charge is 0.424 e. The van der Waals surface area contributed by atoms with Gasteiger partial charge in [-0.25, -0.2) is 0 Å². The van der Waals surface area contributed by atoms with Gasteiger partial charge in [-0.1, -0.05) is 32.3 Å². The van der Waals surface area contributed by atoms with E-state index in [9.17, 15) is 10.1 Å². The monoisotopic (exact) mass is 293 g/mol. The van der Waals surface area contributed by atoms with Gasteiger partial charge in [0.1, 0.15) is 16.5 Å². The predicted molar refractivity (Wildman–Crippen MR) is 84.6 cm³/mol. The van der Waals surface area contributed by atoms with E-state index in [4.69, 9.17) is 0 Å². The summed E-state index contributed by atoms with van der Waals surface area (Å²) < 4.78 is 2.56. The molecule has 6 heteroatoms. The molecule has 1 fully saturated rings. The number of benzene rings is 1. The highest BCUT2D eigenvalue weighted by Crippen LogP contribution is 2.42. The third-order valence-electron chi connectivity index (χ3n) is 4.08. The Morgan fingerprint density at radius 3 is 2.21 bits per heavy atom. The number of hydrogen-bond donors (Lipinski definition) is 0. The predicted octanol–water partition coefficient (Wildman–Crippen LogP) is 4.01. The summed E-state index contributed by atoms with van der Waals surface area (Å²) >= 11 is 0. The lowest BCUT2D eigenvalue weighted by molar-refractivity contribution is -0.384. The molecule has 0 unspecified atom stereocenters. The number of nitro benzene ring substituents is 1. The van der Waals surface area contributed by atoms with Gasteiger partial charge < -0.3 is 4.23 Å². The molecule has 1 saturated heterocycles. The summed E-state index contributed by atoms with van der Waals surface area (Å²) in [6.07, 6.45) is 0. The fourth-order valence-corrected chi connectivity index (χ4v) is 17.5. The van der Waals surface area contributed by atoms with Gasteiger partial charge in [-0.2, -0.15) is 0 Å². The van der Waals surface area contributed by atoms with Gasteiger partial charge in [-0.3, -0.25) is 10.1 Å². The van der Waals surface area contributed by atoms with Crippen molar-refractivity contribution in [2.75, 3.05) is 4.23 Å². The van der Waals surface area contributed by atoms with Crippen LogP contribution in [-0.2, 0) is 0 Å². The molecule has 0 amide bonds. The Morgan fingerprint density at radius 2 is 1.74 bits per heavy atom. The molecule has 1 radical (unpaired) electrons. The topological polar surface area (TPSA) is 46.4 Å². The summed E-state index contributed by atoms with van der Waals surface area (Å²) in [6, 6.07) is 7.59. The molecule has 1 aromatic rings. The van der Waals surface area contributed by atoms with E-state index in [2.05, 4.69) is 37.3 Å². The summed E-state index contributed by atoms with van der Waals surface area (Å²) in [5.74, 6) is 0. The smallest absolute Gasteiger partial charge is 0.271 e. The first-order chi connectivity index (χ1) is 8.65. The lowest BCUT2D eigenvalue weighted by atomic mass is 10.2. The van der Waals surface area contributed by atoms with Crippen LogP contribution in [-0.4, -0.2) is 21.4 Å². The highest BCUT2D eigenvalue weighted by atomic mass is 28.4. The zero-order chi connectivity index (χ0) is 14.4. The Kier molecular flexibility index (Phi) is 3.34. The van der Waals surface area contributed by atoms with Crippen LogP contribution in [0.2, 0.25) is 38.3 Å². The molecule has 0 aromatic heterocycles. The van der Waals surface area contributed by atoms with Crippen LogP contribution in [0.4, 0.5) is 11.4 Å². The molecule has 1 aromatic carbocycles. The van der Waals surface area contributed by atoms with Gasteiger partial charge in [0, 0.05) is 17.8 Å². The van der Waals surface area contributed by atoms with Crippen molar-refractivity contribution in [3.8, 4) is 0 Å². The van der Waals surface area contributed by atoms with Gasteiger partial charge in [-0.05, 0) is 24.6 Å². The zero-order valence-electron chi connectivity index (χ0n) is 12.1. The fraction of sp³-hybridized carbons (Fsp3) is 0.462. The van der Waals surface area contributed by atoms with Crippen molar-refractivity contribution < 1.29 is 4.92 Å². The number of rotatable bonds is 2. The van der Waals surface area contributed by atoms with Crippen molar-refractivity contribution in [1.82, 2.24) is 0 Å². The Labute approximate surface area is 116 Å². The second kappa shape index (κ2) is 4.45. The summed E-state index contributed by atoms with van der Waals surface area (Å²) in [7, 11) is -3.00. The first-order valence-corrected chi connectivity index (χ1v) is 12.9. The van der Waals surface area contributed by atoms with Crippen molar-refractivity contribution in [3.05, 3.63) is 40.8 Å². The summed E-state index contributed by atoms with van der Waals surface area (Å²) in [4.78, 5) is 10.7. The summed E-state index contributed by atoms with van der Waals surface area (Å²) in [6.45, 7) is 13.5. The molecule has 1 aliphatic heterocycles. The van der Waals surface area contributed by atoms with E-state index in [1.165, 1.54) is 12.1 Å². The molecule has 0 atom stereocenters. The summed E-state index contributed by atoms with van der Waals surface area (Å²) in [5, 5.41) is 11.0. The molecule has 0 N–H and O–H groups in total. The van der Waals surface area contributed by atoms with Crippen LogP contribution >= 0.6 is 0 Å². The maximum absolute atomic E-state index is 11.0. The van der Waals surface area contributed by atoms with Crippen LogP contribution in [0, 0.1) is 17.0 Å². The van der Waals surface area contributed by atoms with Crippen molar-refractivity contribution in [2.45, 2.75) is 38.3 Å². The SMILES string of the molecule is [CH2]c1ccc([N+](=O)[O-])cc1N1[Si](C)(C)CC[Si]1(C)C. The van der Waals surface area contributed by atoms with E-state index in [1.807, 2.05) is 0 Å². The number of nitro groups is 1. The molecule has 0 spiro atoms. The van der Waals surface area contributed by atoms with E-state index in [-0.39, 0.29) is 10.6 Å². The lowest BCUT2D eigenvalue weighted by Crippen LogP contribution is -2.55. The molecule has 19 heavy (non-hydrogen) atoms. The average Bonchev–Trinajstić information content (AvgIpc) is 2.50. The van der Waals surface area contributed by atoms with Gasteiger partial charge >= 0.3 is 0 Å². The maximum atomic E-state index is 11.0. The number of hydrogen-bond acceptors (Lipinski definition) is 3. The zero-order valence-corrected chi connectivity index (χ0v) is 14.1. The maximum Gasteiger partial charge on any atom is 0.271 e. The minimum Gasteiger partial charge on any atom is -0.424 e. The van der Waals surface area contributed by atoms with Crippen LogP contribution in [0.3, 0.4) is 0 Å². The molecular weight excluding hydrogens is 272 g/mol. The average molecular weight is 293 g/mol. The first kappa shape index (κ1) is 14.3. The van der Waals surface area contributed by atoms with Crippen LogP contribution in [0.25, 0.3) is 0 Å². The van der Waals surface area contributed by atoms with Crippen LogP contribution in [0.5, 0.6) is 0 Å². The Hall–Kier alpha value is -1.15. The minimum absolute atomic E-state index is 0.170. The molecule has 0 aliphatic carbocycles. The molecule has 103 valence electrons. The first-order valence-electron chi connectivity index (χ1n) is 6.56. The third-order valence-corrected chi connectivity index (χ3v) is 14.1. The molecular formula is C13H21N2O2Si2. The van der Waals surface area contributed by atoms with Crippen molar-refractivity contribution in [2.24, 2.45) is 0 Å². The number of nitrogens with zero attached hydrogens (tertiary/aromatic N) is 2. The highest BCUT2D eigenvalue weighted by molar-refractivity contribution is 7.04. The van der Waals surface area contributed by atoms with E-state index < -0.39 is 16.5 Å². The molecule has 2 rings (SSSR count). The van der Waals surface area contributed by atoms with E-state index >= 15 is 0 Å². The Bertz CT molecular complexity index is 513. The number of non-ortho nitro benzene ring substituents is 1. The lowest BCUT2D eigenvalue weighted by Gasteiger charge is -2.42. The van der Waals surface area contributed by atoms with Crippen LogP contribution in [0.15, 0.2) is 18.2 Å². The second-order valence-electron chi connectivity index (χ2n) is 6.53. The van der Waals surface area contributed by atoms with Crippen LogP contribution < -0.4 is 4.23 Å². The Balaban J connectivity index is 2.56. The van der Waals surface area contributed by atoms with Crippen LogP contribution in [0.1, 0.15) is 5.56 Å². The van der Waals surface area contributed by atoms with E-state index in [1.54, 1.807) is 18.2 Å². The minimum atomic E-state index is -1.50. The van der Waals surface area contributed by atoms with Gasteiger partial charge in [-0.15, -0.1) is 0 Å². The van der Waals surface area contributed by atoms with Gasteiger partial charge in [0.05, 0.1) is 4.92 Å². The van der Waals surface area contributed by atoms with Crippen molar-refractivity contribution in [1.29, 1.82) is 0 Å². The molecule has 1 aliphatic rings. The van der Waals surface area contributed by atoms with Crippen molar-refractivity contribution in [3.63, 3.8) is 0 Å². The quantitative estimate of drug-likeness (QED) is 0.470. The Morgan fingerprint density at radius 1 is 1.21 bits per heavy atom. The molecule has 0 saturated carbocycles. The number of anilines is 1. The van der Waals surface area contributed by atoms with Gasteiger partial charge in [0.2, 0.25) is 0 Å². The standard InChI is InChI=1S/C13H21N2O2Si2/c1-11-6-7-12(14(16)17)10-13(11)15-18(2,3)8-9-19(15,4)5/h6-7,10H,1,8-9H2,2-5H3. The van der Waals surface area contributed by atoms with Gasteiger partial charge in [0.25, 0.3) is 5.69 Å². The normalized spacial score (nSPS) is 20.6. The molecule has 0 bridgehead atoms. The van der Waals surface area contributed by atoms with E-state index in [0.717, 1.165) is 11.3 Å². The second-order valence-corrected chi connectivity index (χ2v) is 16.1.